The molecule has 0 bridgehead atoms. The molecule has 0 aromatic carbocycles. The van der Waals surface area contributed by atoms with Crippen molar-refractivity contribution < 1.29 is 40.0 Å². The summed E-state index contributed by atoms with van der Waals surface area (Å²) >= 11 is 0. The molecule has 0 saturated carbocycles. The van der Waals surface area contributed by atoms with Crippen LogP contribution in [0.3, 0.4) is 0 Å². The van der Waals surface area contributed by atoms with E-state index in [1.807, 2.05) is 0 Å². The third-order valence-electron chi connectivity index (χ3n) is 0. The van der Waals surface area contributed by atoms with E-state index in [2.05, 4.69) is 0 Å². The molecule has 0 amide bonds. The van der Waals surface area contributed by atoms with Gasteiger partial charge in [0.15, 0.2) is 17.4 Å². The molecule has 0 fully saturated rings. The molecule has 0 aliphatic carbocycles. The molecule has 44 valence electrons. The fourth-order valence-corrected chi connectivity index (χ4v) is 0. The van der Waals surface area contributed by atoms with Crippen molar-refractivity contribution in [3.8, 4) is 0 Å². The molecule has 0 saturated heterocycles. The van der Waals surface area contributed by atoms with Gasteiger partial charge in [0, 0.05) is 19.5 Å². The first-order chi connectivity index (χ1) is 1.73. The zero-order valence-corrected chi connectivity index (χ0v) is 5.98. The molecule has 0 aliphatic rings. The molecule has 4 N–H and O–H groups in total. The van der Waals surface area contributed by atoms with E-state index < -0.39 is 6.16 Å². The standard InChI is InChI=1S/CH2O3.Al.Mg.H2O.Zn.5H/c2-1(3)4;;;;;;;;;/h(H2,2,3,4);;;1H2;;;;;;. The van der Waals surface area contributed by atoms with Crippen LogP contribution >= 0.6 is 0 Å². The average molecular weight is 202 g/mol. The third kappa shape index (κ3) is 204. The Morgan fingerprint density at radius 3 is 1.25 bits per heavy atom. The second kappa shape index (κ2) is 24.2. The van der Waals surface area contributed by atoms with Crippen LogP contribution in [0.2, 0.25) is 0 Å². The zero-order chi connectivity index (χ0) is 3.58. The Labute approximate surface area is 86.0 Å². The summed E-state index contributed by atoms with van der Waals surface area (Å²) in [4.78, 5) is 8.56. The maximum absolute atomic E-state index is 8.56. The van der Waals surface area contributed by atoms with Gasteiger partial charge >= 0.3 is 29.2 Å². The summed E-state index contributed by atoms with van der Waals surface area (Å²) in [6.45, 7) is 0. The minimum atomic E-state index is -1.83. The Balaban J connectivity index is -0.00000000750. The van der Waals surface area contributed by atoms with E-state index in [1.54, 1.807) is 0 Å². The summed E-state index contributed by atoms with van der Waals surface area (Å²) < 4.78 is 0. The molecule has 0 radical (unpaired) electrons. The van der Waals surface area contributed by atoms with Gasteiger partial charge in [0.05, 0.1) is 0 Å². The summed E-state index contributed by atoms with van der Waals surface area (Å²) in [6.07, 6.45) is -1.83. The minimum absolute atomic E-state index is 0. The molecule has 0 spiro atoms. The number of carbonyl (C=O) groups is 1. The average Bonchev–Trinajstić information content (AvgIpc) is 0.811. The Hall–Kier alpha value is 1.15. The number of hydrogen-bond donors (Lipinski definition) is 2. The fraction of sp³-hybridized carbons (Fsp3) is 0. The van der Waals surface area contributed by atoms with Crippen LogP contribution < -0.4 is 0 Å². The molecule has 7 heteroatoms. The fourth-order valence-electron chi connectivity index (χ4n) is 0. The van der Waals surface area contributed by atoms with Crippen molar-refractivity contribution in [2.24, 2.45) is 0 Å². The summed E-state index contributed by atoms with van der Waals surface area (Å²) in [5.74, 6) is 0. The molecule has 0 heterocycles. The van der Waals surface area contributed by atoms with Gasteiger partial charge in [0.25, 0.3) is 0 Å². The minimum Gasteiger partial charge on any atom is -0.450 e. The molecular formula is CH9AlMgO4Zn. The molecule has 0 unspecified atom stereocenters. The topological polar surface area (TPSA) is 89.0 Å². The summed E-state index contributed by atoms with van der Waals surface area (Å²) in [7, 11) is 0. The van der Waals surface area contributed by atoms with Crippen LogP contribution in [-0.4, -0.2) is 62.3 Å². The monoisotopic (exact) mass is 200 g/mol. The van der Waals surface area contributed by atoms with Gasteiger partial charge < -0.3 is 15.7 Å². The van der Waals surface area contributed by atoms with E-state index in [9.17, 15) is 0 Å². The second-order valence-electron chi connectivity index (χ2n) is 0.283. The van der Waals surface area contributed by atoms with Crippen LogP contribution in [0, 0.1) is 0 Å². The number of rotatable bonds is 0. The zero-order valence-electron chi connectivity index (χ0n) is 3.01. The van der Waals surface area contributed by atoms with Gasteiger partial charge in [-0.25, -0.2) is 4.79 Å². The first-order valence-corrected chi connectivity index (χ1v) is 0.651. The van der Waals surface area contributed by atoms with Gasteiger partial charge in [-0.2, -0.15) is 0 Å². The van der Waals surface area contributed by atoms with Gasteiger partial charge in [0.1, 0.15) is 0 Å². The molecule has 0 aromatic rings. The van der Waals surface area contributed by atoms with E-state index >= 15 is 0 Å². The Bertz CT molecular complexity index is 39.0. The van der Waals surface area contributed by atoms with Crippen molar-refractivity contribution in [2.45, 2.75) is 0 Å². The van der Waals surface area contributed by atoms with Crippen LogP contribution in [0.5, 0.6) is 0 Å². The molecule has 0 rings (SSSR count). The Kier molecular flexibility index (Phi) is 107. The summed E-state index contributed by atoms with van der Waals surface area (Å²) in [5.41, 5.74) is 0. The molecule has 0 aromatic heterocycles. The normalized spacial score (nSPS) is 3.00. The first kappa shape index (κ1) is 35.3. The Morgan fingerprint density at radius 2 is 1.25 bits per heavy atom. The van der Waals surface area contributed by atoms with Gasteiger partial charge in [-0.05, 0) is 0 Å². The summed E-state index contributed by atoms with van der Waals surface area (Å²) in [6, 6.07) is 0. The molecule has 0 aliphatic heterocycles. The first-order valence-electron chi connectivity index (χ1n) is 0.651. The number of hydrogen-bond acceptors (Lipinski definition) is 1. The van der Waals surface area contributed by atoms with Crippen molar-refractivity contribution in [3.63, 3.8) is 0 Å². The van der Waals surface area contributed by atoms with Gasteiger partial charge in [0.2, 0.25) is 0 Å². The Morgan fingerprint density at radius 1 is 1.25 bits per heavy atom. The third-order valence-corrected chi connectivity index (χ3v) is 0. The van der Waals surface area contributed by atoms with Crippen LogP contribution in [0.15, 0.2) is 0 Å². The van der Waals surface area contributed by atoms with Crippen molar-refractivity contribution in [1.29, 1.82) is 0 Å². The molecule has 4 nitrogen and oxygen atoms in total. The van der Waals surface area contributed by atoms with Crippen molar-refractivity contribution in [3.05, 3.63) is 0 Å². The maximum atomic E-state index is 8.56. The van der Waals surface area contributed by atoms with Gasteiger partial charge in [-0.3, -0.25) is 0 Å². The SMILES string of the molecule is O.O=C(O)O.[AlH3].[MgH2].[Zn]. The number of carboxylic acid groups (broad SMARTS) is 2. The van der Waals surface area contributed by atoms with Crippen LogP contribution in [-0.2, 0) is 19.5 Å². The predicted molar refractivity (Wildman–Crippen MR) is 32.8 cm³/mol. The largest absolute Gasteiger partial charge is 0.503 e. The predicted octanol–water partition coefficient (Wildman–Crippen LogP) is -2.70. The smallest absolute Gasteiger partial charge is 0.450 e. The molecule has 8 heavy (non-hydrogen) atoms. The van der Waals surface area contributed by atoms with E-state index in [-0.39, 0.29) is 65.4 Å². The van der Waals surface area contributed by atoms with Crippen LogP contribution in [0.4, 0.5) is 4.79 Å². The van der Waals surface area contributed by atoms with E-state index in [0.717, 1.165) is 0 Å². The van der Waals surface area contributed by atoms with E-state index in [0.29, 0.717) is 0 Å². The second-order valence-corrected chi connectivity index (χ2v) is 0.283. The van der Waals surface area contributed by atoms with Crippen molar-refractivity contribution >= 4 is 46.6 Å². The quantitative estimate of drug-likeness (QED) is 0.418. The summed E-state index contributed by atoms with van der Waals surface area (Å²) in [5, 5.41) is 13.9. The molecular weight excluding hydrogens is 193 g/mol. The van der Waals surface area contributed by atoms with Crippen molar-refractivity contribution in [2.75, 3.05) is 0 Å². The van der Waals surface area contributed by atoms with E-state index in [4.69, 9.17) is 15.0 Å². The van der Waals surface area contributed by atoms with Gasteiger partial charge in [-0.15, -0.1) is 0 Å². The van der Waals surface area contributed by atoms with Crippen LogP contribution in [0.25, 0.3) is 0 Å². The van der Waals surface area contributed by atoms with Gasteiger partial charge in [-0.1, -0.05) is 0 Å². The van der Waals surface area contributed by atoms with Crippen molar-refractivity contribution in [1.82, 2.24) is 0 Å². The van der Waals surface area contributed by atoms with Crippen LogP contribution in [0.1, 0.15) is 0 Å². The molecule has 0 atom stereocenters. The van der Waals surface area contributed by atoms with E-state index in [1.165, 1.54) is 0 Å². The maximum Gasteiger partial charge on any atom is 0.503 e.